The van der Waals surface area contributed by atoms with Crippen molar-refractivity contribution in [1.82, 2.24) is 4.90 Å². The van der Waals surface area contributed by atoms with Crippen LogP contribution in [0.3, 0.4) is 0 Å². The maximum absolute atomic E-state index is 12.7. The molecule has 1 aromatic rings. The molecule has 2 rings (SSSR count). The van der Waals surface area contributed by atoms with E-state index in [-0.39, 0.29) is 18.2 Å². The van der Waals surface area contributed by atoms with Crippen LogP contribution in [0.4, 0.5) is 4.79 Å². The van der Waals surface area contributed by atoms with E-state index in [9.17, 15) is 4.79 Å². The van der Waals surface area contributed by atoms with E-state index in [1.54, 1.807) is 7.11 Å². The minimum absolute atomic E-state index is 0.0384. The Bertz CT molecular complexity index is 533. The summed E-state index contributed by atoms with van der Waals surface area (Å²) in [7, 11) is 1.71. The van der Waals surface area contributed by atoms with Gasteiger partial charge >= 0.3 is 6.09 Å². The van der Waals surface area contributed by atoms with Gasteiger partial charge in [0.05, 0.1) is 12.1 Å². The van der Waals surface area contributed by atoms with Crippen LogP contribution >= 0.6 is 0 Å². The lowest BCUT2D eigenvalue weighted by molar-refractivity contribution is 0.0146. The molecule has 1 aromatic carbocycles. The number of nitrogens with zero attached hydrogens (tertiary/aromatic N) is 1. The molecule has 1 aliphatic rings. The molecule has 2 atom stereocenters. The quantitative estimate of drug-likeness (QED) is 0.783. The minimum atomic E-state index is -0.501. The molecule has 0 unspecified atom stereocenters. The van der Waals surface area contributed by atoms with Gasteiger partial charge in [0, 0.05) is 13.7 Å². The van der Waals surface area contributed by atoms with E-state index in [0.717, 1.165) is 18.4 Å². The summed E-state index contributed by atoms with van der Waals surface area (Å²) in [5, 5.41) is 0. The van der Waals surface area contributed by atoms with Crippen LogP contribution in [-0.4, -0.2) is 35.8 Å². The molecule has 0 radical (unpaired) electrons. The second kappa shape index (κ2) is 7.64. The Morgan fingerprint density at radius 1 is 1.17 bits per heavy atom. The van der Waals surface area contributed by atoms with Crippen LogP contribution in [-0.2, 0) is 16.0 Å². The summed E-state index contributed by atoms with van der Waals surface area (Å²) in [4.78, 5) is 14.5. The Balaban J connectivity index is 2.16. The molecule has 0 spiro atoms. The SMILES string of the molecule is CO[C@@H]1C=C[C@@H](N(Cc2ccccc2)C(=O)OC(C)(C)C)CC1. The summed E-state index contributed by atoms with van der Waals surface area (Å²) in [5.74, 6) is 0. The van der Waals surface area contributed by atoms with Crippen LogP contribution in [0.15, 0.2) is 42.5 Å². The van der Waals surface area contributed by atoms with E-state index in [0.29, 0.717) is 6.54 Å². The topological polar surface area (TPSA) is 38.8 Å². The summed E-state index contributed by atoms with van der Waals surface area (Å²) in [6, 6.07) is 10.0. The molecule has 4 heteroatoms. The third-order valence-corrected chi connectivity index (χ3v) is 3.82. The zero-order valence-electron chi connectivity index (χ0n) is 14.5. The van der Waals surface area contributed by atoms with Crippen molar-refractivity contribution >= 4 is 6.09 Å². The smallest absolute Gasteiger partial charge is 0.411 e. The van der Waals surface area contributed by atoms with Crippen molar-refractivity contribution in [2.75, 3.05) is 7.11 Å². The van der Waals surface area contributed by atoms with Crippen molar-refractivity contribution in [3.05, 3.63) is 48.0 Å². The van der Waals surface area contributed by atoms with Crippen LogP contribution in [0.2, 0.25) is 0 Å². The highest BCUT2D eigenvalue weighted by molar-refractivity contribution is 5.69. The van der Waals surface area contributed by atoms with Crippen LogP contribution in [0, 0.1) is 0 Å². The molecule has 0 aromatic heterocycles. The maximum Gasteiger partial charge on any atom is 0.411 e. The second-order valence-electron chi connectivity index (χ2n) is 6.90. The zero-order valence-corrected chi connectivity index (χ0v) is 14.5. The predicted molar refractivity (Wildman–Crippen MR) is 91.2 cm³/mol. The molecule has 0 N–H and O–H groups in total. The first kappa shape index (κ1) is 17.5. The van der Waals surface area contributed by atoms with Gasteiger partial charge in [0.15, 0.2) is 0 Å². The van der Waals surface area contributed by atoms with E-state index in [1.807, 2.05) is 62.1 Å². The summed E-state index contributed by atoms with van der Waals surface area (Å²) in [5.41, 5.74) is 0.597. The van der Waals surface area contributed by atoms with Crippen molar-refractivity contribution in [1.29, 1.82) is 0 Å². The molecule has 23 heavy (non-hydrogen) atoms. The third kappa shape index (κ3) is 5.39. The summed E-state index contributed by atoms with van der Waals surface area (Å²) >= 11 is 0. The fraction of sp³-hybridized carbons (Fsp3) is 0.526. The monoisotopic (exact) mass is 317 g/mol. The van der Waals surface area contributed by atoms with Crippen molar-refractivity contribution < 1.29 is 14.3 Å². The molecular formula is C19H27NO3. The Morgan fingerprint density at radius 2 is 1.87 bits per heavy atom. The van der Waals surface area contributed by atoms with Crippen LogP contribution in [0.1, 0.15) is 39.2 Å². The minimum Gasteiger partial charge on any atom is -0.444 e. The molecule has 4 nitrogen and oxygen atoms in total. The van der Waals surface area contributed by atoms with Gasteiger partial charge in [-0.1, -0.05) is 42.5 Å². The Kier molecular flexibility index (Phi) is 5.83. The average molecular weight is 317 g/mol. The third-order valence-electron chi connectivity index (χ3n) is 3.82. The summed E-state index contributed by atoms with van der Waals surface area (Å²) in [6.07, 6.45) is 5.75. The lowest BCUT2D eigenvalue weighted by Crippen LogP contribution is -2.43. The first-order valence-corrected chi connectivity index (χ1v) is 8.14. The van der Waals surface area contributed by atoms with Gasteiger partial charge in [-0.15, -0.1) is 0 Å². The highest BCUT2D eigenvalue weighted by Crippen LogP contribution is 2.23. The van der Waals surface area contributed by atoms with Crippen LogP contribution < -0.4 is 0 Å². The van der Waals surface area contributed by atoms with E-state index in [2.05, 4.69) is 6.08 Å². The van der Waals surface area contributed by atoms with E-state index in [4.69, 9.17) is 9.47 Å². The van der Waals surface area contributed by atoms with Gasteiger partial charge in [0.25, 0.3) is 0 Å². The van der Waals surface area contributed by atoms with Crippen LogP contribution in [0.5, 0.6) is 0 Å². The highest BCUT2D eigenvalue weighted by atomic mass is 16.6. The normalized spacial score (nSPS) is 21.0. The number of rotatable bonds is 4. The highest BCUT2D eigenvalue weighted by Gasteiger charge is 2.29. The molecule has 1 aliphatic carbocycles. The number of carbonyl (C=O) groups excluding carboxylic acids is 1. The second-order valence-corrected chi connectivity index (χ2v) is 6.90. The Hall–Kier alpha value is -1.81. The number of ether oxygens (including phenoxy) is 2. The molecule has 0 aliphatic heterocycles. The van der Waals surface area contributed by atoms with E-state index >= 15 is 0 Å². The van der Waals surface area contributed by atoms with Gasteiger partial charge in [-0.05, 0) is 39.2 Å². The first-order valence-electron chi connectivity index (χ1n) is 8.14. The van der Waals surface area contributed by atoms with Gasteiger partial charge in [0.2, 0.25) is 0 Å². The number of hydrogen-bond acceptors (Lipinski definition) is 3. The number of methoxy groups -OCH3 is 1. The van der Waals surface area contributed by atoms with Crippen molar-refractivity contribution in [3.8, 4) is 0 Å². The lowest BCUT2D eigenvalue weighted by atomic mass is 9.99. The molecule has 0 saturated heterocycles. The van der Waals surface area contributed by atoms with Gasteiger partial charge in [-0.2, -0.15) is 0 Å². The van der Waals surface area contributed by atoms with Gasteiger partial charge in [0.1, 0.15) is 5.60 Å². The predicted octanol–water partition coefficient (Wildman–Crippen LogP) is 4.16. The number of carbonyl (C=O) groups is 1. The van der Waals surface area contributed by atoms with Crippen molar-refractivity contribution in [2.45, 2.75) is 57.9 Å². The van der Waals surface area contributed by atoms with E-state index in [1.165, 1.54) is 0 Å². The van der Waals surface area contributed by atoms with Crippen LogP contribution in [0.25, 0.3) is 0 Å². The maximum atomic E-state index is 12.7. The first-order chi connectivity index (χ1) is 10.9. The van der Waals surface area contributed by atoms with Gasteiger partial charge < -0.3 is 9.47 Å². The summed E-state index contributed by atoms with van der Waals surface area (Å²) in [6.45, 7) is 6.22. The number of hydrogen-bond donors (Lipinski definition) is 0. The standard InChI is InChI=1S/C19H27NO3/c1-19(2,3)23-18(21)20(14-15-8-6-5-7-9-15)16-10-12-17(22-4)13-11-16/h5-10,12,16-17H,11,13-14H2,1-4H3/t16-,17-/m1/s1. The number of amides is 1. The zero-order chi connectivity index (χ0) is 16.9. The van der Waals surface area contributed by atoms with Gasteiger partial charge in [-0.25, -0.2) is 4.79 Å². The summed E-state index contributed by atoms with van der Waals surface area (Å²) < 4.78 is 11.0. The average Bonchev–Trinajstić information content (AvgIpc) is 2.52. The Morgan fingerprint density at radius 3 is 2.39 bits per heavy atom. The van der Waals surface area contributed by atoms with Crippen molar-refractivity contribution in [3.63, 3.8) is 0 Å². The van der Waals surface area contributed by atoms with E-state index < -0.39 is 5.60 Å². The Labute approximate surface area is 139 Å². The number of benzene rings is 1. The van der Waals surface area contributed by atoms with Gasteiger partial charge in [-0.3, -0.25) is 4.90 Å². The molecule has 1 amide bonds. The van der Waals surface area contributed by atoms with Crippen molar-refractivity contribution in [2.24, 2.45) is 0 Å². The molecule has 126 valence electrons. The molecule has 0 saturated carbocycles. The molecular weight excluding hydrogens is 290 g/mol. The fourth-order valence-corrected chi connectivity index (χ4v) is 2.65. The largest absolute Gasteiger partial charge is 0.444 e. The lowest BCUT2D eigenvalue weighted by Gasteiger charge is -2.34. The molecule has 0 heterocycles. The fourth-order valence-electron chi connectivity index (χ4n) is 2.65. The molecule has 0 fully saturated rings. The molecule has 0 bridgehead atoms.